The Labute approximate surface area is 137 Å². The summed E-state index contributed by atoms with van der Waals surface area (Å²) in [4.78, 5) is 14.1. The topological polar surface area (TPSA) is 50.2 Å². The van der Waals surface area contributed by atoms with Crippen LogP contribution in [-0.4, -0.2) is 40.3 Å². The molecule has 122 valence electrons. The molecule has 5 nitrogen and oxygen atoms in total. The first-order valence-corrected chi connectivity index (χ1v) is 8.37. The molecule has 1 unspecified atom stereocenters. The molecule has 3 rings (SSSR count). The fourth-order valence-electron chi connectivity index (χ4n) is 2.88. The Morgan fingerprint density at radius 1 is 1.17 bits per heavy atom. The minimum absolute atomic E-state index is 0.0481. The Balaban J connectivity index is 1.55. The monoisotopic (exact) mass is 312 g/mol. The van der Waals surface area contributed by atoms with Crippen LogP contribution in [0.15, 0.2) is 42.6 Å². The van der Waals surface area contributed by atoms with E-state index in [4.69, 9.17) is 0 Å². The molecule has 0 radical (unpaired) electrons. The highest BCUT2D eigenvalue weighted by Crippen LogP contribution is 2.17. The van der Waals surface area contributed by atoms with Gasteiger partial charge in [-0.05, 0) is 32.3 Å². The van der Waals surface area contributed by atoms with Crippen LogP contribution in [0.1, 0.15) is 32.2 Å². The number of urea groups is 1. The van der Waals surface area contributed by atoms with Crippen LogP contribution in [0, 0.1) is 0 Å². The van der Waals surface area contributed by atoms with Gasteiger partial charge >= 0.3 is 6.03 Å². The van der Waals surface area contributed by atoms with Gasteiger partial charge in [0.2, 0.25) is 0 Å². The molecule has 2 heterocycles. The summed E-state index contributed by atoms with van der Waals surface area (Å²) < 4.78 is 1.92. The van der Waals surface area contributed by atoms with Crippen molar-refractivity contribution in [2.24, 2.45) is 0 Å². The third-order valence-corrected chi connectivity index (χ3v) is 4.32. The third kappa shape index (κ3) is 3.92. The molecule has 1 atom stereocenters. The van der Waals surface area contributed by atoms with Gasteiger partial charge in [-0.1, -0.05) is 30.3 Å². The van der Waals surface area contributed by atoms with Crippen molar-refractivity contribution in [3.05, 3.63) is 42.6 Å². The molecule has 0 aliphatic carbocycles. The summed E-state index contributed by atoms with van der Waals surface area (Å²) in [6.07, 6.45) is 5.43. The van der Waals surface area contributed by atoms with Crippen LogP contribution >= 0.6 is 0 Å². The molecule has 0 spiro atoms. The van der Waals surface area contributed by atoms with E-state index >= 15 is 0 Å². The molecular weight excluding hydrogens is 288 g/mol. The SMILES string of the molecule is CC(CNC(=O)N1CCCCC1)n1ccc(-c2ccccc2)n1. The summed E-state index contributed by atoms with van der Waals surface area (Å²) in [5.41, 5.74) is 2.07. The summed E-state index contributed by atoms with van der Waals surface area (Å²) >= 11 is 0. The molecular formula is C18H24N4O. The maximum atomic E-state index is 12.1. The number of amides is 2. The van der Waals surface area contributed by atoms with E-state index in [1.165, 1.54) is 6.42 Å². The third-order valence-electron chi connectivity index (χ3n) is 4.32. The normalized spacial score (nSPS) is 16.1. The van der Waals surface area contributed by atoms with Crippen molar-refractivity contribution in [1.29, 1.82) is 0 Å². The number of hydrogen-bond acceptors (Lipinski definition) is 2. The lowest BCUT2D eigenvalue weighted by molar-refractivity contribution is 0.185. The molecule has 1 aromatic heterocycles. The van der Waals surface area contributed by atoms with Gasteiger partial charge in [0, 0.05) is 31.4 Å². The Bertz CT molecular complexity index is 631. The average molecular weight is 312 g/mol. The molecule has 2 aromatic rings. The lowest BCUT2D eigenvalue weighted by Crippen LogP contribution is -2.44. The van der Waals surface area contributed by atoms with E-state index in [0.717, 1.165) is 37.2 Å². The van der Waals surface area contributed by atoms with E-state index in [1.54, 1.807) is 0 Å². The fraction of sp³-hybridized carbons (Fsp3) is 0.444. The van der Waals surface area contributed by atoms with E-state index in [9.17, 15) is 4.79 Å². The summed E-state index contributed by atoms with van der Waals surface area (Å²) in [6, 6.07) is 12.3. The molecule has 5 heteroatoms. The molecule has 1 aliphatic heterocycles. The molecule has 0 bridgehead atoms. The molecule has 1 aliphatic rings. The summed E-state index contributed by atoms with van der Waals surface area (Å²) in [7, 11) is 0. The lowest BCUT2D eigenvalue weighted by Gasteiger charge is -2.27. The Hall–Kier alpha value is -2.30. The number of rotatable bonds is 4. The van der Waals surface area contributed by atoms with Crippen LogP contribution in [-0.2, 0) is 0 Å². The second-order valence-electron chi connectivity index (χ2n) is 6.13. The van der Waals surface area contributed by atoms with Crippen molar-refractivity contribution in [3.8, 4) is 11.3 Å². The number of likely N-dealkylation sites (tertiary alicyclic amines) is 1. The predicted octanol–water partition coefficient (Wildman–Crippen LogP) is 3.31. The number of carbonyl (C=O) groups is 1. The zero-order valence-electron chi connectivity index (χ0n) is 13.6. The number of benzene rings is 1. The van der Waals surface area contributed by atoms with Gasteiger partial charge in [-0.15, -0.1) is 0 Å². The number of nitrogens with zero attached hydrogens (tertiary/aromatic N) is 3. The molecule has 1 saturated heterocycles. The van der Waals surface area contributed by atoms with Crippen LogP contribution in [0.5, 0.6) is 0 Å². The summed E-state index contributed by atoms with van der Waals surface area (Å²) in [5.74, 6) is 0. The summed E-state index contributed by atoms with van der Waals surface area (Å²) in [6.45, 7) is 4.41. The smallest absolute Gasteiger partial charge is 0.317 e. The van der Waals surface area contributed by atoms with Gasteiger partial charge in [-0.2, -0.15) is 5.10 Å². The Morgan fingerprint density at radius 3 is 2.65 bits per heavy atom. The molecule has 0 saturated carbocycles. The number of carbonyl (C=O) groups excluding carboxylic acids is 1. The second kappa shape index (κ2) is 7.31. The van der Waals surface area contributed by atoms with Crippen molar-refractivity contribution >= 4 is 6.03 Å². The minimum Gasteiger partial charge on any atom is -0.336 e. The van der Waals surface area contributed by atoms with Gasteiger partial charge in [0.1, 0.15) is 0 Å². The van der Waals surface area contributed by atoms with Crippen LogP contribution < -0.4 is 5.32 Å². The number of hydrogen-bond donors (Lipinski definition) is 1. The van der Waals surface area contributed by atoms with Gasteiger partial charge in [0.25, 0.3) is 0 Å². The van der Waals surface area contributed by atoms with Gasteiger partial charge in [-0.25, -0.2) is 4.79 Å². The fourth-order valence-corrected chi connectivity index (χ4v) is 2.88. The van der Waals surface area contributed by atoms with E-state index in [2.05, 4.69) is 29.5 Å². The van der Waals surface area contributed by atoms with Gasteiger partial charge in [-0.3, -0.25) is 4.68 Å². The van der Waals surface area contributed by atoms with E-state index in [0.29, 0.717) is 6.54 Å². The van der Waals surface area contributed by atoms with Gasteiger partial charge < -0.3 is 10.2 Å². The maximum absolute atomic E-state index is 12.1. The van der Waals surface area contributed by atoms with E-state index in [-0.39, 0.29) is 12.1 Å². The van der Waals surface area contributed by atoms with Crippen LogP contribution in [0.4, 0.5) is 4.79 Å². The van der Waals surface area contributed by atoms with E-state index in [1.807, 2.05) is 40.0 Å². The first kappa shape index (κ1) is 15.6. The highest BCUT2D eigenvalue weighted by atomic mass is 16.2. The highest BCUT2D eigenvalue weighted by Gasteiger charge is 2.17. The number of nitrogens with one attached hydrogen (secondary N) is 1. The van der Waals surface area contributed by atoms with Crippen LogP contribution in [0.25, 0.3) is 11.3 Å². The maximum Gasteiger partial charge on any atom is 0.317 e. The van der Waals surface area contributed by atoms with Gasteiger partial charge in [0.15, 0.2) is 0 Å². The quantitative estimate of drug-likeness (QED) is 0.941. The first-order valence-electron chi connectivity index (χ1n) is 8.37. The highest BCUT2D eigenvalue weighted by molar-refractivity contribution is 5.74. The van der Waals surface area contributed by atoms with Crippen LogP contribution in [0.3, 0.4) is 0 Å². The average Bonchev–Trinajstić information content (AvgIpc) is 3.11. The number of piperidine rings is 1. The molecule has 1 fully saturated rings. The largest absolute Gasteiger partial charge is 0.336 e. The number of aromatic nitrogens is 2. The van der Waals surface area contributed by atoms with Crippen LogP contribution in [0.2, 0.25) is 0 Å². The van der Waals surface area contributed by atoms with Crippen molar-refractivity contribution < 1.29 is 4.79 Å². The predicted molar refractivity (Wildman–Crippen MR) is 91.2 cm³/mol. The first-order chi connectivity index (χ1) is 11.2. The van der Waals surface area contributed by atoms with E-state index < -0.39 is 0 Å². The minimum atomic E-state index is 0.0481. The summed E-state index contributed by atoms with van der Waals surface area (Å²) in [5, 5.41) is 7.65. The second-order valence-corrected chi connectivity index (χ2v) is 6.13. The Kier molecular flexibility index (Phi) is 4.95. The zero-order valence-corrected chi connectivity index (χ0v) is 13.6. The standard InChI is InChI=1S/C18H24N4O/c1-15(14-19-18(23)21-11-6-3-7-12-21)22-13-10-17(20-22)16-8-4-2-5-9-16/h2,4-5,8-10,13,15H,3,6-7,11-12,14H2,1H3,(H,19,23). The molecule has 2 amide bonds. The van der Waals surface area contributed by atoms with Gasteiger partial charge in [0.05, 0.1) is 11.7 Å². The Morgan fingerprint density at radius 2 is 1.91 bits per heavy atom. The molecule has 1 N–H and O–H groups in total. The zero-order chi connectivity index (χ0) is 16.1. The van der Waals surface area contributed by atoms with Crippen molar-refractivity contribution in [2.45, 2.75) is 32.2 Å². The molecule has 1 aromatic carbocycles. The van der Waals surface area contributed by atoms with Crippen molar-refractivity contribution in [1.82, 2.24) is 20.0 Å². The molecule has 23 heavy (non-hydrogen) atoms. The van der Waals surface area contributed by atoms with Crippen molar-refractivity contribution in [2.75, 3.05) is 19.6 Å². The lowest BCUT2D eigenvalue weighted by atomic mass is 10.1. The van der Waals surface area contributed by atoms with Crippen molar-refractivity contribution in [3.63, 3.8) is 0 Å².